The van der Waals surface area contributed by atoms with Gasteiger partial charge < -0.3 is 9.64 Å². The number of methoxy groups -OCH3 is 1. The highest BCUT2D eigenvalue weighted by Crippen LogP contribution is 2.29. The molecule has 2 rings (SSSR count). The van der Waals surface area contributed by atoms with Crippen LogP contribution < -0.4 is 9.64 Å². The van der Waals surface area contributed by atoms with Crippen molar-refractivity contribution in [2.45, 2.75) is 13.3 Å². The number of carbonyl (C=O) groups excluding carboxylic acids is 1. The number of ether oxygens (including phenoxy) is 1. The molecule has 2 heterocycles. The molecule has 1 unspecified atom stereocenters. The summed E-state index contributed by atoms with van der Waals surface area (Å²) in [6.07, 6.45) is 4.07. The molecule has 4 nitrogen and oxygen atoms in total. The number of carbonyl (C=O) groups is 1. The van der Waals surface area contributed by atoms with Crippen LogP contribution in [0.1, 0.15) is 12.0 Å². The van der Waals surface area contributed by atoms with Crippen LogP contribution in [0.15, 0.2) is 24.9 Å². The summed E-state index contributed by atoms with van der Waals surface area (Å²) < 4.78 is 5.05. The summed E-state index contributed by atoms with van der Waals surface area (Å²) in [5.41, 5.74) is 1.86. The molecule has 1 aromatic heterocycles. The second kappa shape index (κ2) is 4.57. The number of hydrogen-bond acceptors (Lipinski definition) is 3. The molecule has 0 saturated carbocycles. The zero-order valence-corrected chi connectivity index (χ0v) is 10.1. The van der Waals surface area contributed by atoms with Crippen LogP contribution in [0.2, 0.25) is 0 Å². The lowest BCUT2D eigenvalue weighted by atomic mass is 10.1. The standard InChI is InChI=1S/C13H16N2O2/c1-4-10-6-13(16)15(8-10)11-7-14-12(17-3)5-9(11)2/h4-5,7,10H,1,6,8H2,2-3H3. The van der Waals surface area contributed by atoms with Gasteiger partial charge in [-0.1, -0.05) is 6.08 Å². The van der Waals surface area contributed by atoms with Gasteiger partial charge in [-0.2, -0.15) is 0 Å². The Kier molecular flexibility index (Phi) is 3.13. The minimum absolute atomic E-state index is 0.130. The molecule has 1 fully saturated rings. The Hall–Kier alpha value is -1.84. The van der Waals surface area contributed by atoms with Crippen molar-refractivity contribution in [1.29, 1.82) is 0 Å². The Balaban J connectivity index is 2.28. The topological polar surface area (TPSA) is 42.4 Å². The molecule has 17 heavy (non-hydrogen) atoms. The van der Waals surface area contributed by atoms with Gasteiger partial charge in [0.1, 0.15) is 0 Å². The fraction of sp³-hybridized carbons (Fsp3) is 0.385. The largest absolute Gasteiger partial charge is 0.481 e. The smallest absolute Gasteiger partial charge is 0.227 e. The average Bonchev–Trinajstić information content (AvgIpc) is 2.70. The highest BCUT2D eigenvalue weighted by Gasteiger charge is 2.29. The highest BCUT2D eigenvalue weighted by molar-refractivity contribution is 5.96. The number of aromatic nitrogens is 1. The molecule has 0 bridgehead atoms. The average molecular weight is 232 g/mol. The van der Waals surface area contributed by atoms with Crippen molar-refractivity contribution >= 4 is 11.6 Å². The van der Waals surface area contributed by atoms with Gasteiger partial charge in [0.25, 0.3) is 0 Å². The van der Waals surface area contributed by atoms with Crippen molar-refractivity contribution in [3.8, 4) is 5.88 Å². The summed E-state index contributed by atoms with van der Waals surface area (Å²) in [4.78, 5) is 17.8. The maximum Gasteiger partial charge on any atom is 0.227 e. The van der Waals surface area contributed by atoms with E-state index in [-0.39, 0.29) is 11.8 Å². The predicted molar refractivity (Wildman–Crippen MR) is 66.2 cm³/mol. The SMILES string of the molecule is C=CC1CC(=O)N(c2cnc(OC)cc2C)C1. The van der Waals surface area contributed by atoms with Gasteiger partial charge >= 0.3 is 0 Å². The van der Waals surface area contributed by atoms with Gasteiger partial charge in [-0.05, 0) is 12.5 Å². The summed E-state index contributed by atoms with van der Waals surface area (Å²) in [5, 5.41) is 0. The summed E-state index contributed by atoms with van der Waals surface area (Å²) in [6.45, 7) is 6.38. The molecule has 1 amide bonds. The van der Waals surface area contributed by atoms with E-state index < -0.39 is 0 Å². The monoisotopic (exact) mass is 232 g/mol. The summed E-state index contributed by atoms with van der Waals surface area (Å²) in [5.74, 6) is 0.937. The van der Waals surface area contributed by atoms with Crippen molar-refractivity contribution in [3.05, 3.63) is 30.5 Å². The second-order valence-electron chi connectivity index (χ2n) is 4.22. The van der Waals surface area contributed by atoms with Crippen LogP contribution in [0.3, 0.4) is 0 Å². The van der Waals surface area contributed by atoms with Crippen LogP contribution in [-0.2, 0) is 4.79 Å². The first-order chi connectivity index (χ1) is 8.15. The van der Waals surface area contributed by atoms with Crippen molar-refractivity contribution in [2.24, 2.45) is 5.92 Å². The van der Waals surface area contributed by atoms with E-state index in [9.17, 15) is 4.79 Å². The van der Waals surface area contributed by atoms with E-state index in [1.54, 1.807) is 18.2 Å². The van der Waals surface area contributed by atoms with E-state index in [0.29, 0.717) is 18.8 Å². The van der Waals surface area contributed by atoms with Gasteiger partial charge in [-0.3, -0.25) is 4.79 Å². The van der Waals surface area contributed by atoms with E-state index in [0.717, 1.165) is 11.3 Å². The van der Waals surface area contributed by atoms with E-state index >= 15 is 0 Å². The van der Waals surface area contributed by atoms with Crippen LogP contribution in [0, 0.1) is 12.8 Å². The number of amides is 1. The number of rotatable bonds is 3. The first kappa shape index (κ1) is 11.6. The third kappa shape index (κ3) is 2.16. The van der Waals surface area contributed by atoms with E-state index in [1.165, 1.54) is 0 Å². The fourth-order valence-corrected chi connectivity index (χ4v) is 2.04. The van der Waals surface area contributed by atoms with E-state index in [1.807, 2.05) is 19.1 Å². The lowest BCUT2D eigenvalue weighted by Crippen LogP contribution is -2.25. The van der Waals surface area contributed by atoms with Crippen LogP contribution in [-0.4, -0.2) is 24.5 Å². The van der Waals surface area contributed by atoms with Crippen LogP contribution in [0.4, 0.5) is 5.69 Å². The van der Waals surface area contributed by atoms with Gasteiger partial charge in [0.2, 0.25) is 11.8 Å². The molecule has 1 aromatic rings. The lowest BCUT2D eigenvalue weighted by molar-refractivity contribution is -0.117. The summed E-state index contributed by atoms with van der Waals surface area (Å²) >= 11 is 0. The van der Waals surface area contributed by atoms with Gasteiger partial charge in [0, 0.05) is 24.9 Å². The zero-order chi connectivity index (χ0) is 12.4. The maximum atomic E-state index is 11.9. The third-order valence-corrected chi connectivity index (χ3v) is 3.05. The number of hydrogen-bond donors (Lipinski definition) is 0. The number of aryl methyl sites for hydroxylation is 1. The maximum absolute atomic E-state index is 11.9. The first-order valence-corrected chi connectivity index (χ1v) is 5.59. The second-order valence-corrected chi connectivity index (χ2v) is 4.22. The van der Waals surface area contributed by atoms with Crippen molar-refractivity contribution in [2.75, 3.05) is 18.6 Å². The zero-order valence-electron chi connectivity index (χ0n) is 10.1. The molecule has 0 N–H and O–H groups in total. The van der Waals surface area contributed by atoms with Crippen molar-refractivity contribution in [3.63, 3.8) is 0 Å². The normalized spacial score (nSPS) is 19.5. The molecule has 1 aliphatic rings. The Morgan fingerprint density at radius 3 is 2.94 bits per heavy atom. The molecule has 0 aliphatic carbocycles. The third-order valence-electron chi connectivity index (χ3n) is 3.05. The van der Waals surface area contributed by atoms with E-state index in [2.05, 4.69) is 11.6 Å². The molecule has 1 saturated heterocycles. The fourth-order valence-electron chi connectivity index (χ4n) is 2.04. The quantitative estimate of drug-likeness (QED) is 0.748. The molecule has 4 heteroatoms. The summed E-state index contributed by atoms with van der Waals surface area (Å²) in [7, 11) is 1.58. The molecule has 0 spiro atoms. The van der Waals surface area contributed by atoms with Crippen molar-refractivity contribution < 1.29 is 9.53 Å². The molecular weight excluding hydrogens is 216 g/mol. The van der Waals surface area contributed by atoms with E-state index in [4.69, 9.17) is 4.74 Å². The van der Waals surface area contributed by atoms with Gasteiger partial charge in [-0.25, -0.2) is 4.98 Å². The van der Waals surface area contributed by atoms with Crippen LogP contribution in [0.5, 0.6) is 5.88 Å². The Labute approximate surface area is 101 Å². The Bertz CT molecular complexity index is 457. The van der Waals surface area contributed by atoms with Gasteiger partial charge in [0.05, 0.1) is 19.0 Å². The predicted octanol–water partition coefficient (Wildman–Crippen LogP) is 1.94. The highest BCUT2D eigenvalue weighted by atomic mass is 16.5. The molecule has 0 radical (unpaired) electrons. The summed E-state index contributed by atoms with van der Waals surface area (Å²) in [6, 6.07) is 1.84. The lowest BCUT2D eigenvalue weighted by Gasteiger charge is -2.18. The number of nitrogens with zero attached hydrogens (tertiary/aromatic N) is 2. The Morgan fingerprint density at radius 1 is 1.65 bits per heavy atom. The number of anilines is 1. The first-order valence-electron chi connectivity index (χ1n) is 5.59. The van der Waals surface area contributed by atoms with Crippen LogP contribution in [0.25, 0.3) is 0 Å². The number of pyridine rings is 1. The molecule has 0 aromatic carbocycles. The minimum atomic E-state index is 0.130. The van der Waals surface area contributed by atoms with Crippen LogP contribution >= 0.6 is 0 Å². The molecular formula is C13H16N2O2. The molecule has 90 valence electrons. The molecule has 1 atom stereocenters. The Morgan fingerprint density at radius 2 is 2.41 bits per heavy atom. The molecule has 1 aliphatic heterocycles. The van der Waals surface area contributed by atoms with Gasteiger partial charge in [0.15, 0.2) is 0 Å². The minimum Gasteiger partial charge on any atom is -0.481 e. The van der Waals surface area contributed by atoms with Crippen molar-refractivity contribution in [1.82, 2.24) is 4.98 Å². The van der Waals surface area contributed by atoms with Gasteiger partial charge in [-0.15, -0.1) is 6.58 Å².